The van der Waals surface area contributed by atoms with Gasteiger partial charge in [0.25, 0.3) is 0 Å². The number of ether oxygens (including phenoxy) is 9. The highest BCUT2D eigenvalue weighted by molar-refractivity contribution is 7.97. The fourth-order valence-electron chi connectivity index (χ4n) is 3.81. The van der Waals surface area contributed by atoms with E-state index >= 15 is 0 Å². The monoisotopic (exact) mass is 617 g/mol. The first-order valence-electron chi connectivity index (χ1n) is 14.4. The molecule has 43 heavy (non-hydrogen) atoms. The van der Waals surface area contributed by atoms with Crippen LogP contribution < -0.4 is 14.2 Å². The van der Waals surface area contributed by atoms with Crippen LogP contribution >= 0.6 is 0 Å². The zero-order chi connectivity index (χ0) is 30.4. The van der Waals surface area contributed by atoms with Gasteiger partial charge in [-0.15, -0.1) is 0 Å². The molecule has 0 heterocycles. The summed E-state index contributed by atoms with van der Waals surface area (Å²) in [6.07, 6.45) is 0. The Morgan fingerprint density at radius 2 is 0.605 bits per heavy atom. The standard InChI is InChI=1S/C33H45O9S/c1-34-16-19-37-22-25-40-28-4-10-31(11-5-28)43(32-12-6-29(7-13-32)41-26-23-38-20-17-35-2)33-14-8-30(9-15-33)42-27-24-39-21-18-36-3/h4-15H,16-27H2,1-3H3/q+1. The molecule has 0 aliphatic heterocycles. The number of rotatable bonds is 24. The van der Waals surface area contributed by atoms with Crippen molar-refractivity contribution in [2.75, 3.05) is 101 Å². The molecule has 0 bridgehead atoms. The average molecular weight is 618 g/mol. The van der Waals surface area contributed by atoms with E-state index in [2.05, 4.69) is 36.4 Å². The fraction of sp³-hybridized carbons (Fsp3) is 0.455. The van der Waals surface area contributed by atoms with Crippen molar-refractivity contribution in [2.24, 2.45) is 0 Å². The first-order chi connectivity index (χ1) is 21.2. The molecule has 0 saturated heterocycles. The lowest BCUT2D eigenvalue weighted by atomic mass is 10.3. The largest absolute Gasteiger partial charge is 0.491 e. The molecule has 0 aromatic heterocycles. The summed E-state index contributed by atoms with van der Waals surface area (Å²) in [5, 5.41) is 0. The Balaban J connectivity index is 1.66. The van der Waals surface area contributed by atoms with Crippen LogP contribution in [0.5, 0.6) is 17.2 Å². The van der Waals surface area contributed by atoms with E-state index < -0.39 is 0 Å². The molecule has 0 saturated carbocycles. The van der Waals surface area contributed by atoms with Gasteiger partial charge in [0.05, 0.1) is 70.4 Å². The number of methoxy groups -OCH3 is 3. The third-order valence-electron chi connectivity index (χ3n) is 5.96. The van der Waals surface area contributed by atoms with Crippen molar-refractivity contribution in [3.8, 4) is 17.2 Å². The summed E-state index contributed by atoms with van der Waals surface area (Å²) in [5.74, 6) is 2.40. The number of hydrogen-bond acceptors (Lipinski definition) is 9. The minimum atomic E-state index is -0.355. The molecule has 0 aliphatic rings. The van der Waals surface area contributed by atoms with Crippen molar-refractivity contribution >= 4 is 10.9 Å². The Kier molecular flexibility index (Phi) is 17.6. The predicted molar refractivity (Wildman–Crippen MR) is 166 cm³/mol. The molecule has 0 aliphatic carbocycles. The lowest BCUT2D eigenvalue weighted by molar-refractivity contribution is 0.0544. The van der Waals surface area contributed by atoms with Crippen molar-refractivity contribution in [1.82, 2.24) is 0 Å². The molecule has 3 aromatic carbocycles. The maximum Gasteiger partial charge on any atom is 0.166 e. The van der Waals surface area contributed by atoms with Crippen LogP contribution in [0.25, 0.3) is 0 Å². The third-order valence-corrected chi connectivity index (χ3v) is 8.19. The fourth-order valence-corrected chi connectivity index (χ4v) is 5.85. The van der Waals surface area contributed by atoms with Crippen molar-refractivity contribution < 1.29 is 42.6 Å². The van der Waals surface area contributed by atoms with Crippen LogP contribution in [0.1, 0.15) is 0 Å². The predicted octanol–water partition coefficient (Wildman–Crippen LogP) is 4.91. The SMILES string of the molecule is COCCOCCOc1ccc([S+](c2ccc(OCCOCCOC)cc2)c2ccc(OCCOCCOC)cc2)cc1. The van der Waals surface area contributed by atoms with Crippen molar-refractivity contribution in [3.05, 3.63) is 72.8 Å². The smallest absolute Gasteiger partial charge is 0.166 e. The van der Waals surface area contributed by atoms with Gasteiger partial charge in [-0.3, -0.25) is 0 Å². The lowest BCUT2D eigenvalue weighted by Crippen LogP contribution is -2.11. The number of benzene rings is 3. The van der Waals surface area contributed by atoms with Gasteiger partial charge in [-0.25, -0.2) is 0 Å². The summed E-state index contributed by atoms with van der Waals surface area (Å²) in [5.41, 5.74) is 0. The van der Waals surface area contributed by atoms with E-state index in [1.165, 1.54) is 14.7 Å². The van der Waals surface area contributed by atoms with Gasteiger partial charge in [0.2, 0.25) is 0 Å². The normalized spacial score (nSPS) is 11.2. The quantitative estimate of drug-likeness (QED) is 0.103. The zero-order valence-electron chi connectivity index (χ0n) is 25.5. The summed E-state index contributed by atoms with van der Waals surface area (Å²) < 4.78 is 49.1. The molecule has 3 rings (SSSR count). The molecule has 0 N–H and O–H groups in total. The molecule has 9 nitrogen and oxygen atoms in total. The minimum Gasteiger partial charge on any atom is -0.491 e. The van der Waals surface area contributed by atoms with Crippen LogP contribution in [0.4, 0.5) is 0 Å². The Labute approximate surface area is 258 Å². The first-order valence-corrected chi connectivity index (χ1v) is 15.6. The Morgan fingerprint density at radius 3 is 0.860 bits per heavy atom. The summed E-state index contributed by atoms with van der Waals surface area (Å²) >= 11 is 0. The highest BCUT2D eigenvalue weighted by atomic mass is 32.2. The van der Waals surface area contributed by atoms with Crippen LogP contribution in [0.15, 0.2) is 87.5 Å². The van der Waals surface area contributed by atoms with Gasteiger partial charge < -0.3 is 42.6 Å². The van der Waals surface area contributed by atoms with E-state index in [0.717, 1.165) is 17.2 Å². The van der Waals surface area contributed by atoms with Gasteiger partial charge in [-0.05, 0) is 72.8 Å². The van der Waals surface area contributed by atoms with E-state index in [0.29, 0.717) is 79.3 Å². The average Bonchev–Trinajstić information content (AvgIpc) is 3.04. The van der Waals surface area contributed by atoms with Crippen LogP contribution in [-0.4, -0.2) is 101 Å². The highest BCUT2D eigenvalue weighted by Gasteiger charge is 2.29. The molecule has 0 fully saturated rings. The van der Waals surface area contributed by atoms with E-state index in [1.807, 2.05) is 36.4 Å². The second-order valence-electron chi connectivity index (χ2n) is 9.08. The van der Waals surface area contributed by atoms with E-state index in [4.69, 9.17) is 42.6 Å². The van der Waals surface area contributed by atoms with Crippen molar-refractivity contribution in [3.63, 3.8) is 0 Å². The third kappa shape index (κ3) is 13.6. The van der Waals surface area contributed by atoms with Crippen LogP contribution in [0.2, 0.25) is 0 Å². The zero-order valence-corrected chi connectivity index (χ0v) is 26.3. The lowest BCUT2D eigenvalue weighted by Gasteiger charge is -2.12. The van der Waals surface area contributed by atoms with E-state index in [9.17, 15) is 0 Å². The van der Waals surface area contributed by atoms with Gasteiger partial charge in [-0.1, -0.05) is 0 Å². The Morgan fingerprint density at radius 1 is 0.349 bits per heavy atom. The summed E-state index contributed by atoms with van der Waals surface area (Å²) in [6, 6.07) is 24.8. The van der Waals surface area contributed by atoms with Gasteiger partial charge in [0.15, 0.2) is 14.7 Å². The molecular formula is C33H45O9S+. The van der Waals surface area contributed by atoms with Gasteiger partial charge in [-0.2, -0.15) is 0 Å². The molecule has 0 atom stereocenters. The molecule has 0 unspecified atom stereocenters. The topological polar surface area (TPSA) is 83.1 Å². The second-order valence-corrected chi connectivity index (χ2v) is 11.1. The van der Waals surface area contributed by atoms with Crippen molar-refractivity contribution in [2.45, 2.75) is 14.7 Å². The first kappa shape index (κ1) is 34.7. The summed E-state index contributed by atoms with van der Waals surface area (Å²) in [4.78, 5) is 3.51. The van der Waals surface area contributed by atoms with Gasteiger partial charge >= 0.3 is 0 Å². The van der Waals surface area contributed by atoms with Crippen LogP contribution in [0, 0.1) is 0 Å². The molecule has 236 valence electrons. The van der Waals surface area contributed by atoms with E-state index in [1.54, 1.807) is 21.3 Å². The maximum atomic E-state index is 5.87. The molecule has 3 aromatic rings. The van der Waals surface area contributed by atoms with E-state index in [-0.39, 0.29) is 10.9 Å². The Bertz CT molecular complexity index is 953. The van der Waals surface area contributed by atoms with Crippen LogP contribution in [0.3, 0.4) is 0 Å². The molecular weight excluding hydrogens is 572 g/mol. The molecule has 10 heteroatoms. The number of hydrogen-bond donors (Lipinski definition) is 0. The Hall–Kier alpha value is -2.83. The summed E-state index contributed by atoms with van der Waals surface area (Å²) in [7, 11) is 4.62. The molecule has 0 amide bonds. The highest BCUT2D eigenvalue weighted by Crippen LogP contribution is 2.34. The molecule has 0 radical (unpaired) electrons. The van der Waals surface area contributed by atoms with Crippen molar-refractivity contribution in [1.29, 1.82) is 0 Å². The van der Waals surface area contributed by atoms with Gasteiger partial charge in [0, 0.05) is 21.3 Å². The minimum absolute atomic E-state index is 0.355. The van der Waals surface area contributed by atoms with Crippen LogP contribution in [-0.2, 0) is 39.3 Å². The molecule has 0 spiro atoms. The maximum absolute atomic E-state index is 5.87. The second kappa shape index (κ2) is 21.8. The summed E-state index contributed by atoms with van der Waals surface area (Å²) in [6.45, 7) is 6.35. The van der Waals surface area contributed by atoms with Gasteiger partial charge in [0.1, 0.15) is 37.1 Å².